The van der Waals surface area contributed by atoms with Crippen molar-refractivity contribution in [1.82, 2.24) is 4.48 Å². The molecule has 0 aliphatic carbocycles. The van der Waals surface area contributed by atoms with E-state index < -0.39 is 23.5 Å². The Morgan fingerprint density at radius 1 is 0.853 bits per heavy atom. The molecule has 0 radical (unpaired) electrons. The third kappa shape index (κ3) is 8.37. The number of nitrogens with zero attached hydrogens (tertiary/aromatic N) is 2. The first-order valence-electron chi connectivity index (χ1n) is 11.4. The minimum absolute atomic E-state index is 0.293. The van der Waals surface area contributed by atoms with Crippen molar-refractivity contribution in [2.24, 2.45) is 0 Å². The number of ether oxygens (including phenoxy) is 3. The SMILES string of the molecule is Cc1ccc(N(Cc2ccc([N+](C)(C)C)cc2)C(=O)OC(C)(C)C)cc1OC(=O)OC(C)(C)C. The number of rotatable bonds is 5. The van der Waals surface area contributed by atoms with Crippen LogP contribution in [0.25, 0.3) is 0 Å². The van der Waals surface area contributed by atoms with E-state index in [4.69, 9.17) is 14.2 Å². The van der Waals surface area contributed by atoms with Crippen LogP contribution in [0.3, 0.4) is 0 Å². The topological polar surface area (TPSA) is 65.1 Å². The summed E-state index contributed by atoms with van der Waals surface area (Å²) in [7, 11) is 6.29. The van der Waals surface area contributed by atoms with Gasteiger partial charge in [-0.25, -0.2) is 9.59 Å². The van der Waals surface area contributed by atoms with E-state index in [2.05, 4.69) is 33.3 Å². The van der Waals surface area contributed by atoms with Gasteiger partial charge in [-0.05, 0) is 77.8 Å². The molecule has 7 heteroatoms. The van der Waals surface area contributed by atoms with Crippen LogP contribution >= 0.6 is 0 Å². The van der Waals surface area contributed by atoms with Gasteiger partial charge in [0.2, 0.25) is 0 Å². The molecule has 0 unspecified atom stereocenters. The molecule has 34 heavy (non-hydrogen) atoms. The predicted octanol–water partition coefficient (Wildman–Crippen LogP) is 6.45. The molecular formula is C27H39N2O5+. The highest BCUT2D eigenvalue weighted by Gasteiger charge is 2.26. The van der Waals surface area contributed by atoms with Crippen molar-refractivity contribution in [3.8, 4) is 5.75 Å². The fourth-order valence-electron chi connectivity index (χ4n) is 3.04. The van der Waals surface area contributed by atoms with Gasteiger partial charge in [-0.3, -0.25) is 9.38 Å². The van der Waals surface area contributed by atoms with Gasteiger partial charge in [0.15, 0.2) is 0 Å². The van der Waals surface area contributed by atoms with E-state index in [9.17, 15) is 9.59 Å². The van der Waals surface area contributed by atoms with Crippen molar-refractivity contribution in [2.45, 2.75) is 66.2 Å². The summed E-state index contributed by atoms with van der Waals surface area (Å²) in [5.74, 6) is 0.320. The molecule has 0 spiro atoms. The Kier molecular flexibility index (Phi) is 8.04. The largest absolute Gasteiger partial charge is 0.514 e. The molecular weight excluding hydrogens is 432 g/mol. The molecule has 1 amide bonds. The third-order valence-electron chi connectivity index (χ3n) is 4.73. The second-order valence-electron chi connectivity index (χ2n) is 11.3. The summed E-state index contributed by atoms with van der Waals surface area (Å²) in [5, 5.41) is 0. The van der Waals surface area contributed by atoms with E-state index >= 15 is 0 Å². The monoisotopic (exact) mass is 471 g/mol. The number of quaternary nitrogens is 1. The fourth-order valence-corrected chi connectivity index (χ4v) is 3.04. The second kappa shape index (κ2) is 10.1. The van der Waals surface area contributed by atoms with Gasteiger partial charge < -0.3 is 14.2 Å². The Hall–Kier alpha value is -3.06. The maximum absolute atomic E-state index is 13.2. The van der Waals surface area contributed by atoms with E-state index in [-0.39, 0.29) is 0 Å². The molecule has 0 aromatic heterocycles. The Bertz CT molecular complexity index is 1010. The van der Waals surface area contributed by atoms with Gasteiger partial charge in [0, 0.05) is 6.07 Å². The van der Waals surface area contributed by atoms with Crippen LogP contribution in [0.5, 0.6) is 5.75 Å². The molecule has 0 bridgehead atoms. The molecule has 186 valence electrons. The van der Waals surface area contributed by atoms with Crippen LogP contribution in [0.1, 0.15) is 52.7 Å². The molecule has 0 N–H and O–H groups in total. The van der Waals surface area contributed by atoms with E-state index in [0.29, 0.717) is 22.5 Å². The maximum atomic E-state index is 13.2. The number of hydrogen-bond donors (Lipinski definition) is 0. The van der Waals surface area contributed by atoms with E-state index in [1.165, 1.54) is 4.90 Å². The van der Waals surface area contributed by atoms with Crippen LogP contribution in [0.2, 0.25) is 0 Å². The first kappa shape index (κ1) is 27.2. The zero-order valence-corrected chi connectivity index (χ0v) is 22.2. The van der Waals surface area contributed by atoms with Crippen LogP contribution in [0.15, 0.2) is 42.5 Å². The van der Waals surface area contributed by atoms with Crippen LogP contribution in [0, 0.1) is 6.92 Å². The average Bonchev–Trinajstić information content (AvgIpc) is 2.64. The molecule has 0 aliphatic rings. The average molecular weight is 472 g/mol. The first-order valence-corrected chi connectivity index (χ1v) is 11.4. The molecule has 0 saturated carbocycles. The van der Waals surface area contributed by atoms with Crippen molar-refractivity contribution in [3.63, 3.8) is 0 Å². The number of anilines is 1. The first-order chi connectivity index (χ1) is 15.4. The van der Waals surface area contributed by atoms with Crippen molar-refractivity contribution >= 4 is 23.6 Å². The number of carbonyl (C=O) groups is 2. The van der Waals surface area contributed by atoms with Gasteiger partial charge in [0.1, 0.15) is 22.6 Å². The lowest BCUT2D eigenvalue weighted by molar-refractivity contribution is 0.0205. The minimum Gasteiger partial charge on any atom is -0.443 e. The Labute approximate surface area is 203 Å². The summed E-state index contributed by atoms with van der Waals surface area (Å²) >= 11 is 0. The molecule has 0 atom stereocenters. The highest BCUT2D eigenvalue weighted by Crippen LogP contribution is 2.29. The van der Waals surface area contributed by atoms with Gasteiger partial charge in [0.05, 0.1) is 33.4 Å². The van der Waals surface area contributed by atoms with Crippen molar-refractivity contribution in [2.75, 3.05) is 26.0 Å². The van der Waals surface area contributed by atoms with Gasteiger partial charge >= 0.3 is 12.2 Å². The van der Waals surface area contributed by atoms with E-state index in [1.54, 1.807) is 32.9 Å². The number of aryl methyl sites for hydroxylation is 1. The predicted molar refractivity (Wildman–Crippen MR) is 136 cm³/mol. The lowest BCUT2D eigenvalue weighted by atomic mass is 10.1. The molecule has 0 fully saturated rings. The fraction of sp³-hybridized carbons (Fsp3) is 0.481. The lowest BCUT2D eigenvalue weighted by Crippen LogP contribution is -2.37. The van der Waals surface area contributed by atoms with Crippen LogP contribution < -0.4 is 14.1 Å². The number of benzene rings is 2. The van der Waals surface area contributed by atoms with Crippen molar-refractivity contribution in [1.29, 1.82) is 0 Å². The Morgan fingerprint density at radius 3 is 1.91 bits per heavy atom. The minimum atomic E-state index is -0.799. The molecule has 2 aromatic carbocycles. The number of amides is 1. The summed E-state index contributed by atoms with van der Waals surface area (Å²) < 4.78 is 17.1. The number of carbonyl (C=O) groups excluding carboxylic acids is 2. The van der Waals surface area contributed by atoms with Crippen LogP contribution in [0.4, 0.5) is 21.0 Å². The van der Waals surface area contributed by atoms with Crippen molar-refractivity contribution in [3.05, 3.63) is 53.6 Å². The molecule has 0 aliphatic heterocycles. The van der Waals surface area contributed by atoms with Crippen molar-refractivity contribution < 1.29 is 23.8 Å². The highest BCUT2D eigenvalue weighted by atomic mass is 16.7. The smallest absolute Gasteiger partial charge is 0.443 e. The van der Waals surface area contributed by atoms with E-state index in [1.807, 2.05) is 45.9 Å². The highest BCUT2D eigenvalue weighted by molar-refractivity contribution is 5.88. The quantitative estimate of drug-likeness (QED) is 0.285. The third-order valence-corrected chi connectivity index (χ3v) is 4.73. The van der Waals surface area contributed by atoms with Gasteiger partial charge in [-0.15, -0.1) is 0 Å². The summed E-state index contributed by atoms with van der Waals surface area (Å²) in [5.41, 5.74) is 2.04. The summed E-state index contributed by atoms with van der Waals surface area (Å²) in [4.78, 5) is 26.9. The summed E-state index contributed by atoms with van der Waals surface area (Å²) in [6.45, 7) is 12.9. The van der Waals surface area contributed by atoms with Gasteiger partial charge in [-0.2, -0.15) is 0 Å². The van der Waals surface area contributed by atoms with Crippen LogP contribution in [-0.4, -0.2) is 44.6 Å². The molecule has 0 heterocycles. The standard InChI is InChI=1S/C27H39N2O5/c1-19-11-14-21(17-23(19)32-25(31)34-27(5,6)7)28(24(30)33-26(2,3)4)18-20-12-15-22(16-13-20)29(8,9)10/h11-17H,18H2,1-10H3/q+1. The zero-order chi connectivity index (χ0) is 25.9. The molecule has 0 saturated heterocycles. The summed E-state index contributed by atoms with van der Waals surface area (Å²) in [6, 6.07) is 13.4. The molecule has 2 rings (SSSR count). The Morgan fingerprint density at radius 2 is 1.41 bits per heavy atom. The van der Waals surface area contributed by atoms with Gasteiger partial charge in [-0.1, -0.05) is 18.2 Å². The molecule has 2 aromatic rings. The molecule has 7 nitrogen and oxygen atoms in total. The van der Waals surface area contributed by atoms with E-state index in [0.717, 1.165) is 16.8 Å². The summed E-state index contributed by atoms with van der Waals surface area (Å²) in [6.07, 6.45) is -1.29. The van der Waals surface area contributed by atoms with Gasteiger partial charge in [0.25, 0.3) is 0 Å². The zero-order valence-electron chi connectivity index (χ0n) is 22.2. The lowest BCUT2D eigenvalue weighted by Gasteiger charge is -2.28. The Balaban J connectivity index is 2.39. The normalized spacial score (nSPS) is 12.2. The maximum Gasteiger partial charge on any atom is 0.514 e. The second-order valence-corrected chi connectivity index (χ2v) is 11.3. The van der Waals surface area contributed by atoms with Crippen LogP contribution in [-0.2, 0) is 16.0 Å². The number of hydrogen-bond acceptors (Lipinski definition) is 5.